The third-order valence-corrected chi connectivity index (χ3v) is 4.18. The largest absolute Gasteiger partial charge is 0.296 e. The Kier molecular flexibility index (Phi) is 4.98. The normalized spacial score (nSPS) is 27.5. The Labute approximate surface area is 117 Å². The molecule has 1 fully saturated rings. The first-order valence-electron chi connectivity index (χ1n) is 7.31. The Bertz CT molecular complexity index is 448. The van der Waals surface area contributed by atoms with Gasteiger partial charge in [-0.15, -0.1) is 0 Å². The van der Waals surface area contributed by atoms with E-state index in [-0.39, 0.29) is 0 Å². The highest BCUT2D eigenvalue weighted by Crippen LogP contribution is 2.32. The lowest BCUT2D eigenvalue weighted by molar-refractivity contribution is 0.182. The molecule has 0 aliphatic carbocycles. The Hall–Kier alpha value is -1.34. The van der Waals surface area contributed by atoms with Gasteiger partial charge in [0.2, 0.25) is 0 Å². The molecule has 1 atom stereocenters. The van der Waals surface area contributed by atoms with Gasteiger partial charge in [0.1, 0.15) is 0 Å². The molecule has 0 radical (unpaired) electrons. The second-order valence-corrected chi connectivity index (χ2v) is 5.34. The van der Waals surface area contributed by atoms with E-state index in [9.17, 15) is 0 Å². The molecule has 1 nitrogen and oxygen atoms in total. The fraction of sp³-hybridized carbons (Fsp3) is 0.444. The van der Waals surface area contributed by atoms with Crippen LogP contribution >= 0.6 is 0 Å². The van der Waals surface area contributed by atoms with E-state index in [1.165, 1.54) is 37.0 Å². The van der Waals surface area contributed by atoms with Crippen molar-refractivity contribution in [2.75, 3.05) is 13.1 Å². The predicted molar refractivity (Wildman–Crippen MR) is 84.1 cm³/mol. The molecule has 0 saturated carbocycles. The van der Waals surface area contributed by atoms with E-state index < -0.39 is 0 Å². The molecule has 1 unspecified atom stereocenters. The van der Waals surface area contributed by atoms with Gasteiger partial charge in [0.05, 0.1) is 0 Å². The van der Waals surface area contributed by atoms with Crippen LogP contribution in [0.2, 0.25) is 0 Å². The zero-order valence-electron chi connectivity index (χ0n) is 12.2. The van der Waals surface area contributed by atoms with Gasteiger partial charge >= 0.3 is 0 Å². The van der Waals surface area contributed by atoms with Crippen LogP contribution in [0.5, 0.6) is 0 Å². The summed E-state index contributed by atoms with van der Waals surface area (Å²) in [6.07, 6.45) is 16.7. The molecule has 1 heteroatoms. The maximum absolute atomic E-state index is 3.83. The second-order valence-electron chi connectivity index (χ2n) is 5.34. The minimum Gasteiger partial charge on any atom is -0.296 e. The monoisotopic (exact) mass is 255 g/mol. The summed E-state index contributed by atoms with van der Waals surface area (Å²) in [6, 6.07) is 0.693. The Morgan fingerprint density at radius 1 is 1.37 bits per heavy atom. The van der Waals surface area contributed by atoms with E-state index in [1.54, 1.807) is 5.57 Å². The van der Waals surface area contributed by atoms with Crippen LogP contribution in [0.3, 0.4) is 0 Å². The number of rotatable bonds is 3. The molecule has 2 aliphatic heterocycles. The van der Waals surface area contributed by atoms with Crippen LogP contribution in [0.4, 0.5) is 0 Å². The summed E-state index contributed by atoms with van der Waals surface area (Å²) >= 11 is 0. The molecule has 2 heterocycles. The summed E-state index contributed by atoms with van der Waals surface area (Å²) in [5.41, 5.74) is 4.43. The van der Waals surface area contributed by atoms with Crippen molar-refractivity contribution in [2.24, 2.45) is 0 Å². The van der Waals surface area contributed by atoms with Gasteiger partial charge < -0.3 is 0 Å². The average molecular weight is 255 g/mol. The zero-order valence-corrected chi connectivity index (χ0v) is 12.2. The van der Waals surface area contributed by atoms with Crippen molar-refractivity contribution >= 4 is 0 Å². The first-order chi connectivity index (χ1) is 9.28. The Morgan fingerprint density at radius 3 is 2.89 bits per heavy atom. The third-order valence-electron chi connectivity index (χ3n) is 4.18. The summed E-state index contributed by atoms with van der Waals surface area (Å²) in [6.45, 7) is 10.4. The van der Waals surface area contributed by atoms with Crippen molar-refractivity contribution in [3.05, 3.63) is 59.8 Å². The number of nitrogens with zero attached hydrogens (tertiary/aromatic N) is 1. The van der Waals surface area contributed by atoms with E-state index in [4.69, 9.17) is 0 Å². The molecular weight excluding hydrogens is 230 g/mol. The Balaban J connectivity index is 2.15. The SMILES string of the molecule is C=C/C=C(\C=C/C)C1=CCN2CC/C(=C/C)CC2C1. The minimum atomic E-state index is 0.693. The maximum Gasteiger partial charge on any atom is 0.0176 e. The van der Waals surface area contributed by atoms with Gasteiger partial charge in [0, 0.05) is 19.1 Å². The highest BCUT2D eigenvalue weighted by molar-refractivity contribution is 5.43. The molecule has 0 aromatic rings. The van der Waals surface area contributed by atoms with Gasteiger partial charge in [-0.05, 0) is 44.3 Å². The third kappa shape index (κ3) is 3.36. The standard InChI is InChI=1S/C18H25N/c1-4-7-16(8-5-2)17-10-12-19-11-9-15(6-3)13-18(19)14-17/h4-8,10,18H,1,9,11-14H2,2-3H3/b8-5-,15-6-,16-7+. The molecular formula is C18H25N. The number of hydrogen-bond donors (Lipinski definition) is 0. The van der Waals surface area contributed by atoms with Crippen LogP contribution in [-0.2, 0) is 0 Å². The summed E-state index contributed by atoms with van der Waals surface area (Å²) in [4.78, 5) is 2.62. The molecule has 19 heavy (non-hydrogen) atoms. The minimum absolute atomic E-state index is 0.693. The van der Waals surface area contributed by atoms with Gasteiger partial charge in [-0.2, -0.15) is 0 Å². The van der Waals surface area contributed by atoms with Crippen molar-refractivity contribution in [3.63, 3.8) is 0 Å². The van der Waals surface area contributed by atoms with Crippen molar-refractivity contribution in [3.8, 4) is 0 Å². The lowest BCUT2D eigenvalue weighted by Gasteiger charge is -2.40. The van der Waals surface area contributed by atoms with Gasteiger partial charge in [-0.3, -0.25) is 4.90 Å². The molecule has 0 aromatic heterocycles. The lowest BCUT2D eigenvalue weighted by Crippen LogP contribution is -2.42. The van der Waals surface area contributed by atoms with Crippen molar-refractivity contribution in [1.82, 2.24) is 4.90 Å². The average Bonchev–Trinajstić information content (AvgIpc) is 2.46. The van der Waals surface area contributed by atoms with Gasteiger partial charge in [0.25, 0.3) is 0 Å². The zero-order chi connectivity index (χ0) is 13.7. The first-order valence-corrected chi connectivity index (χ1v) is 7.31. The maximum atomic E-state index is 3.83. The fourth-order valence-electron chi connectivity index (χ4n) is 3.08. The number of fused-ring (bicyclic) bond motifs is 1. The van der Waals surface area contributed by atoms with Crippen molar-refractivity contribution in [2.45, 2.75) is 39.2 Å². The van der Waals surface area contributed by atoms with Gasteiger partial charge in [-0.1, -0.05) is 48.6 Å². The number of piperidine rings is 1. The molecule has 0 spiro atoms. The van der Waals surface area contributed by atoms with Crippen LogP contribution in [0.1, 0.15) is 33.1 Å². The van der Waals surface area contributed by atoms with Crippen LogP contribution in [0.15, 0.2) is 59.8 Å². The van der Waals surface area contributed by atoms with E-state index in [0.29, 0.717) is 6.04 Å². The highest BCUT2D eigenvalue weighted by atomic mass is 15.2. The molecule has 1 saturated heterocycles. The van der Waals surface area contributed by atoms with Crippen LogP contribution < -0.4 is 0 Å². The summed E-state index contributed by atoms with van der Waals surface area (Å²) < 4.78 is 0. The number of hydrogen-bond acceptors (Lipinski definition) is 1. The smallest absolute Gasteiger partial charge is 0.0176 e. The first kappa shape index (κ1) is 14.1. The van der Waals surface area contributed by atoms with Crippen LogP contribution in [0, 0.1) is 0 Å². The van der Waals surface area contributed by atoms with Gasteiger partial charge in [-0.25, -0.2) is 0 Å². The lowest BCUT2D eigenvalue weighted by atomic mass is 9.86. The number of allylic oxidation sites excluding steroid dienone is 6. The van der Waals surface area contributed by atoms with E-state index in [1.807, 2.05) is 6.08 Å². The topological polar surface area (TPSA) is 3.24 Å². The molecule has 102 valence electrons. The van der Waals surface area contributed by atoms with E-state index in [0.717, 1.165) is 6.54 Å². The Morgan fingerprint density at radius 2 is 2.21 bits per heavy atom. The quantitative estimate of drug-likeness (QED) is 0.533. The summed E-state index contributed by atoms with van der Waals surface area (Å²) in [5, 5.41) is 0. The molecule has 0 bridgehead atoms. The van der Waals surface area contributed by atoms with Crippen molar-refractivity contribution in [1.29, 1.82) is 0 Å². The molecule has 0 amide bonds. The highest BCUT2D eigenvalue weighted by Gasteiger charge is 2.28. The fourth-order valence-corrected chi connectivity index (χ4v) is 3.08. The van der Waals surface area contributed by atoms with Crippen molar-refractivity contribution < 1.29 is 0 Å². The van der Waals surface area contributed by atoms with Gasteiger partial charge in [0.15, 0.2) is 0 Å². The molecule has 0 aromatic carbocycles. The summed E-state index contributed by atoms with van der Waals surface area (Å²) in [7, 11) is 0. The van der Waals surface area contributed by atoms with E-state index in [2.05, 4.69) is 55.7 Å². The molecule has 0 N–H and O–H groups in total. The molecule has 2 aliphatic rings. The predicted octanol–water partition coefficient (Wildman–Crippen LogP) is 4.42. The van der Waals surface area contributed by atoms with E-state index >= 15 is 0 Å². The van der Waals surface area contributed by atoms with Crippen LogP contribution in [-0.4, -0.2) is 24.0 Å². The van der Waals surface area contributed by atoms with Crippen LogP contribution in [0.25, 0.3) is 0 Å². The molecule has 2 rings (SSSR count). The summed E-state index contributed by atoms with van der Waals surface area (Å²) in [5.74, 6) is 0. The second kappa shape index (κ2) is 6.72.